The summed E-state index contributed by atoms with van der Waals surface area (Å²) in [7, 11) is 1.67. The average Bonchev–Trinajstić information content (AvgIpc) is 2.36. The van der Waals surface area contributed by atoms with Crippen molar-refractivity contribution in [3.8, 4) is 0 Å². The third-order valence-corrected chi connectivity index (χ3v) is 3.13. The van der Waals surface area contributed by atoms with Crippen molar-refractivity contribution in [1.29, 1.82) is 0 Å². The highest BCUT2D eigenvalue weighted by Gasteiger charge is 2.20. The first kappa shape index (κ1) is 15.7. The maximum absolute atomic E-state index is 12.0. The van der Waals surface area contributed by atoms with Crippen molar-refractivity contribution >= 4 is 35.0 Å². The van der Waals surface area contributed by atoms with Gasteiger partial charge in [0.25, 0.3) is 5.91 Å². The Bertz CT molecular complexity index is 494. The van der Waals surface area contributed by atoms with Gasteiger partial charge in [-0.15, -0.1) is 0 Å². The van der Waals surface area contributed by atoms with Crippen LogP contribution in [0.5, 0.6) is 0 Å². The molecule has 0 aromatic carbocycles. The molecule has 0 aliphatic rings. The fraction of sp³-hybridized carbons (Fsp3) is 0.417. The summed E-state index contributed by atoms with van der Waals surface area (Å²) in [5.41, 5.74) is 0.185. The minimum atomic E-state index is -0.635. The third-order valence-electron chi connectivity index (χ3n) is 2.63. The van der Waals surface area contributed by atoms with Crippen LogP contribution in [0.3, 0.4) is 0 Å². The van der Waals surface area contributed by atoms with Gasteiger partial charge in [-0.25, -0.2) is 4.98 Å². The van der Waals surface area contributed by atoms with E-state index >= 15 is 0 Å². The molecule has 1 aromatic heterocycles. The molecule has 0 saturated heterocycles. The maximum atomic E-state index is 12.0. The van der Waals surface area contributed by atoms with E-state index in [1.165, 1.54) is 17.0 Å². The second kappa shape index (κ2) is 6.73. The van der Waals surface area contributed by atoms with Gasteiger partial charge < -0.3 is 10.2 Å². The summed E-state index contributed by atoms with van der Waals surface area (Å²) >= 11 is 11.5. The van der Waals surface area contributed by atoms with E-state index in [4.69, 9.17) is 23.2 Å². The largest absolute Gasteiger partial charge is 0.344 e. The first-order chi connectivity index (χ1) is 8.86. The van der Waals surface area contributed by atoms with Crippen molar-refractivity contribution in [1.82, 2.24) is 15.2 Å². The summed E-state index contributed by atoms with van der Waals surface area (Å²) < 4.78 is 0. The first-order valence-corrected chi connectivity index (χ1v) is 6.50. The molecule has 104 valence electrons. The van der Waals surface area contributed by atoms with Crippen LogP contribution in [0.1, 0.15) is 24.2 Å². The van der Waals surface area contributed by atoms with Crippen LogP contribution in [0.15, 0.2) is 12.1 Å². The average molecular weight is 304 g/mol. The fourth-order valence-electron chi connectivity index (χ4n) is 1.40. The lowest BCUT2D eigenvalue weighted by atomic mass is 10.2. The number of likely N-dealkylation sites (N-methyl/N-ethyl adjacent to an activating group) is 1. The summed E-state index contributed by atoms with van der Waals surface area (Å²) in [6.45, 7) is 4.04. The Kier molecular flexibility index (Phi) is 5.57. The zero-order valence-corrected chi connectivity index (χ0v) is 12.4. The van der Waals surface area contributed by atoms with Crippen LogP contribution in [0.25, 0.3) is 0 Å². The molecule has 0 fully saturated rings. The Morgan fingerprint density at radius 1 is 1.42 bits per heavy atom. The van der Waals surface area contributed by atoms with E-state index in [0.29, 0.717) is 6.54 Å². The first-order valence-electron chi connectivity index (χ1n) is 5.74. The van der Waals surface area contributed by atoms with E-state index in [0.717, 1.165) is 0 Å². The summed E-state index contributed by atoms with van der Waals surface area (Å²) in [6, 6.07) is 2.30. The summed E-state index contributed by atoms with van der Waals surface area (Å²) in [5.74, 6) is -0.631. The highest BCUT2D eigenvalue weighted by atomic mass is 35.5. The van der Waals surface area contributed by atoms with Crippen molar-refractivity contribution in [2.24, 2.45) is 0 Å². The number of rotatable bonds is 4. The van der Waals surface area contributed by atoms with Crippen LogP contribution in [0.2, 0.25) is 10.3 Å². The Labute approximate surface area is 121 Å². The monoisotopic (exact) mass is 303 g/mol. The van der Waals surface area contributed by atoms with Crippen molar-refractivity contribution in [2.75, 3.05) is 13.6 Å². The smallest absolute Gasteiger partial charge is 0.255 e. The van der Waals surface area contributed by atoms with Gasteiger partial charge in [-0.2, -0.15) is 0 Å². The fourth-order valence-corrected chi connectivity index (χ4v) is 1.83. The van der Waals surface area contributed by atoms with Gasteiger partial charge in [0.1, 0.15) is 16.3 Å². The molecule has 2 amide bonds. The maximum Gasteiger partial charge on any atom is 0.255 e. The Morgan fingerprint density at radius 2 is 2.05 bits per heavy atom. The van der Waals surface area contributed by atoms with Gasteiger partial charge >= 0.3 is 0 Å². The van der Waals surface area contributed by atoms with Crippen LogP contribution >= 0.6 is 23.2 Å². The van der Waals surface area contributed by atoms with Crippen molar-refractivity contribution in [2.45, 2.75) is 19.9 Å². The predicted octanol–water partition coefficient (Wildman–Crippen LogP) is 1.98. The standard InChI is InChI=1S/C12H15Cl2N3O2/c1-4-17(3)12(19)7(2)15-11(18)8-5-6-9(13)16-10(8)14/h5-7H,4H2,1-3H3,(H,15,18). The Balaban J connectivity index is 2.77. The molecule has 0 radical (unpaired) electrons. The van der Waals surface area contributed by atoms with Gasteiger partial charge in [0.2, 0.25) is 5.91 Å². The van der Waals surface area contributed by atoms with E-state index in [2.05, 4.69) is 10.3 Å². The molecule has 5 nitrogen and oxygen atoms in total. The molecule has 0 saturated carbocycles. The zero-order chi connectivity index (χ0) is 14.6. The van der Waals surface area contributed by atoms with Crippen LogP contribution in [0.4, 0.5) is 0 Å². The van der Waals surface area contributed by atoms with Crippen molar-refractivity contribution in [3.63, 3.8) is 0 Å². The lowest BCUT2D eigenvalue weighted by Gasteiger charge is -2.20. The van der Waals surface area contributed by atoms with Crippen molar-refractivity contribution < 1.29 is 9.59 Å². The highest BCUT2D eigenvalue weighted by molar-refractivity contribution is 6.34. The molecule has 1 unspecified atom stereocenters. The van der Waals surface area contributed by atoms with E-state index in [1.807, 2.05) is 6.92 Å². The third kappa shape index (κ3) is 4.08. The lowest BCUT2D eigenvalue weighted by molar-refractivity contribution is -0.131. The number of halogens is 2. The van der Waals surface area contributed by atoms with Gasteiger partial charge in [0.05, 0.1) is 5.56 Å². The number of nitrogens with zero attached hydrogens (tertiary/aromatic N) is 2. The predicted molar refractivity (Wildman–Crippen MR) is 74.5 cm³/mol. The van der Waals surface area contributed by atoms with Crippen LogP contribution in [-0.4, -0.2) is 41.3 Å². The SMILES string of the molecule is CCN(C)C(=O)C(C)NC(=O)c1ccc(Cl)nc1Cl. The second-order valence-corrected chi connectivity index (χ2v) is 4.77. The minimum Gasteiger partial charge on any atom is -0.344 e. The number of aromatic nitrogens is 1. The van der Waals surface area contributed by atoms with E-state index in [-0.39, 0.29) is 21.8 Å². The Morgan fingerprint density at radius 3 is 2.58 bits per heavy atom. The molecule has 1 N–H and O–H groups in total. The molecule has 0 aliphatic carbocycles. The minimum absolute atomic E-state index is 0.00787. The summed E-state index contributed by atoms with van der Waals surface area (Å²) in [6.07, 6.45) is 0. The van der Waals surface area contributed by atoms with E-state index in [1.54, 1.807) is 14.0 Å². The molecule has 7 heteroatoms. The second-order valence-electron chi connectivity index (χ2n) is 4.02. The van der Waals surface area contributed by atoms with Crippen molar-refractivity contribution in [3.05, 3.63) is 28.0 Å². The number of amides is 2. The number of pyridine rings is 1. The molecule has 1 aromatic rings. The van der Waals surface area contributed by atoms with E-state index in [9.17, 15) is 9.59 Å². The number of hydrogen-bond acceptors (Lipinski definition) is 3. The molecule has 19 heavy (non-hydrogen) atoms. The van der Waals surface area contributed by atoms with Gasteiger partial charge in [0, 0.05) is 13.6 Å². The number of carbonyl (C=O) groups excluding carboxylic acids is 2. The molecule has 0 spiro atoms. The Hall–Kier alpha value is -1.33. The normalized spacial score (nSPS) is 11.8. The molecule has 1 rings (SSSR count). The number of carbonyl (C=O) groups is 2. The number of hydrogen-bond donors (Lipinski definition) is 1. The molecular formula is C12H15Cl2N3O2. The highest BCUT2D eigenvalue weighted by Crippen LogP contribution is 2.16. The van der Waals surface area contributed by atoms with Gasteiger partial charge in [0.15, 0.2) is 0 Å². The molecule has 0 aliphatic heterocycles. The topological polar surface area (TPSA) is 62.3 Å². The molecular weight excluding hydrogens is 289 g/mol. The van der Waals surface area contributed by atoms with Gasteiger partial charge in [-0.1, -0.05) is 23.2 Å². The summed E-state index contributed by atoms with van der Waals surface area (Å²) in [5, 5.41) is 2.79. The van der Waals surface area contributed by atoms with Crippen LogP contribution in [0, 0.1) is 0 Å². The molecule has 1 atom stereocenters. The zero-order valence-electron chi connectivity index (χ0n) is 10.9. The van der Waals surface area contributed by atoms with Gasteiger partial charge in [-0.05, 0) is 26.0 Å². The van der Waals surface area contributed by atoms with Gasteiger partial charge in [-0.3, -0.25) is 9.59 Å². The summed E-state index contributed by atoms with van der Waals surface area (Å²) in [4.78, 5) is 29.1. The molecule has 1 heterocycles. The lowest BCUT2D eigenvalue weighted by Crippen LogP contribution is -2.45. The quantitative estimate of drug-likeness (QED) is 0.865. The molecule has 0 bridgehead atoms. The van der Waals surface area contributed by atoms with Crippen LogP contribution in [-0.2, 0) is 4.79 Å². The number of nitrogens with one attached hydrogen (secondary N) is 1. The van der Waals surface area contributed by atoms with Crippen LogP contribution < -0.4 is 5.32 Å². The van der Waals surface area contributed by atoms with E-state index < -0.39 is 11.9 Å².